The highest BCUT2D eigenvalue weighted by atomic mass is 16.6. The van der Waals surface area contributed by atoms with Crippen LogP contribution in [0.25, 0.3) is 0 Å². The van der Waals surface area contributed by atoms with Gasteiger partial charge in [-0.15, -0.1) is 0 Å². The van der Waals surface area contributed by atoms with Gasteiger partial charge in [-0.1, -0.05) is 5.16 Å². The molecule has 9 nitrogen and oxygen atoms in total. The van der Waals surface area contributed by atoms with Gasteiger partial charge in [-0.2, -0.15) is 10.1 Å². The predicted molar refractivity (Wildman–Crippen MR) is 65.8 cm³/mol. The van der Waals surface area contributed by atoms with Gasteiger partial charge in [-0.3, -0.25) is 10.1 Å². The van der Waals surface area contributed by atoms with Crippen LogP contribution in [0.3, 0.4) is 0 Å². The van der Waals surface area contributed by atoms with E-state index in [-0.39, 0.29) is 5.69 Å². The lowest BCUT2D eigenvalue weighted by molar-refractivity contribution is -0.384. The zero-order valence-electron chi connectivity index (χ0n) is 10.9. The number of hydrogen-bond donors (Lipinski definition) is 1. The highest BCUT2D eigenvalue weighted by Crippen LogP contribution is 2.26. The van der Waals surface area contributed by atoms with E-state index in [0.717, 1.165) is 0 Å². The highest BCUT2D eigenvalue weighted by Gasteiger charge is 2.23. The van der Waals surface area contributed by atoms with Crippen LogP contribution in [0.5, 0.6) is 0 Å². The first kappa shape index (κ1) is 13.0. The Morgan fingerprint density at radius 3 is 2.79 bits per heavy atom. The molecule has 19 heavy (non-hydrogen) atoms. The second-order valence-electron chi connectivity index (χ2n) is 4.08. The molecule has 0 bridgehead atoms. The fraction of sp³-hybridized carbons (Fsp3) is 0.500. The highest BCUT2D eigenvalue weighted by molar-refractivity contribution is 5.59. The standard InChI is InChI=1S/C10H14N6O3/c1-6-9(16(17)18)10(15(3)13-6)11-5-4-8-12-7(2)14-19-8/h11H,4-5H2,1-3H3. The molecule has 9 heteroatoms. The zero-order chi connectivity index (χ0) is 14.0. The van der Waals surface area contributed by atoms with Crippen molar-refractivity contribution in [3.8, 4) is 0 Å². The van der Waals surface area contributed by atoms with Gasteiger partial charge in [0.1, 0.15) is 5.69 Å². The van der Waals surface area contributed by atoms with Gasteiger partial charge in [0.05, 0.1) is 4.92 Å². The van der Waals surface area contributed by atoms with Crippen molar-refractivity contribution < 1.29 is 9.45 Å². The topological polar surface area (TPSA) is 112 Å². The quantitative estimate of drug-likeness (QED) is 0.634. The summed E-state index contributed by atoms with van der Waals surface area (Å²) in [7, 11) is 1.65. The van der Waals surface area contributed by atoms with E-state index in [1.807, 2.05) is 0 Å². The number of rotatable bonds is 5. The van der Waals surface area contributed by atoms with Crippen molar-refractivity contribution in [3.05, 3.63) is 27.5 Å². The number of hydrogen-bond acceptors (Lipinski definition) is 7. The van der Waals surface area contributed by atoms with Crippen LogP contribution < -0.4 is 5.32 Å². The van der Waals surface area contributed by atoms with Crippen molar-refractivity contribution in [1.29, 1.82) is 0 Å². The third-order valence-corrected chi connectivity index (χ3v) is 2.57. The van der Waals surface area contributed by atoms with E-state index in [2.05, 4.69) is 20.6 Å². The maximum atomic E-state index is 11.0. The molecule has 0 aliphatic rings. The molecule has 0 aliphatic carbocycles. The molecule has 0 atom stereocenters. The fourth-order valence-electron chi connectivity index (χ4n) is 1.79. The Morgan fingerprint density at radius 1 is 1.47 bits per heavy atom. The summed E-state index contributed by atoms with van der Waals surface area (Å²) in [6, 6.07) is 0. The molecule has 0 saturated carbocycles. The lowest BCUT2D eigenvalue weighted by atomic mass is 10.3. The zero-order valence-corrected chi connectivity index (χ0v) is 10.9. The first-order chi connectivity index (χ1) is 8.99. The largest absolute Gasteiger partial charge is 0.364 e. The van der Waals surface area contributed by atoms with Gasteiger partial charge in [0, 0.05) is 20.0 Å². The molecule has 0 aliphatic heterocycles. The smallest absolute Gasteiger partial charge is 0.333 e. The molecule has 0 unspecified atom stereocenters. The Morgan fingerprint density at radius 2 is 2.21 bits per heavy atom. The molecule has 0 fully saturated rings. The Hall–Kier alpha value is -2.45. The van der Waals surface area contributed by atoms with Gasteiger partial charge in [0.15, 0.2) is 5.82 Å². The molecular weight excluding hydrogens is 252 g/mol. The molecule has 0 amide bonds. The van der Waals surface area contributed by atoms with Gasteiger partial charge >= 0.3 is 5.69 Å². The van der Waals surface area contributed by atoms with Gasteiger partial charge in [0.2, 0.25) is 11.7 Å². The van der Waals surface area contributed by atoms with Crippen molar-refractivity contribution in [3.63, 3.8) is 0 Å². The summed E-state index contributed by atoms with van der Waals surface area (Å²) in [4.78, 5) is 14.6. The summed E-state index contributed by atoms with van der Waals surface area (Å²) in [6.45, 7) is 3.78. The summed E-state index contributed by atoms with van der Waals surface area (Å²) in [5.41, 5.74) is 0.368. The lowest BCUT2D eigenvalue weighted by Crippen LogP contribution is -2.10. The van der Waals surface area contributed by atoms with Crippen molar-refractivity contribution in [2.45, 2.75) is 20.3 Å². The molecular formula is C10H14N6O3. The molecule has 1 N–H and O–H groups in total. The van der Waals surface area contributed by atoms with Crippen LogP contribution in [0, 0.1) is 24.0 Å². The monoisotopic (exact) mass is 266 g/mol. The number of nitrogens with zero attached hydrogens (tertiary/aromatic N) is 5. The van der Waals surface area contributed by atoms with Gasteiger partial charge in [-0.25, -0.2) is 4.68 Å². The summed E-state index contributed by atoms with van der Waals surface area (Å²) >= 11 is 0. The van der Waals surface area contributed by atoms with E-state index >= 15 is 0 Å². The van der Waals surface area contributed by atoms with Gasteiger partial charge in [0.25, 0.3) is 0 Å². The van der Waals surface area contributed by atoms with Crippen LogP contribution in [-0.2, 0) is 13.5 Å². The Balaban J connectivity index is 2.05. The van der Waals surface area contributed by atoms with E-state index in [9.17, 15) is 10.1 Å². The summed E-state index contributed by atoms with van der Waals surface area (Å²) < 4.78 is 6.41. The first-order valence-corrected chi connectivity index (χ1v) is 5.70. The van der Waals surface area contributed by atoms with Gasteiger partial charge < -0.3 is 9.84 Å². The van der Waals surface area contributed by atoms with Crippen LogP contribution in [-0.4, -0.2) is 31.4 Å². The fourth-order valence-corrected chi connectivity index (χ4v) is 1.79. The molecule has 2 rings (SSSR count). The second-order valence-corrected chi connectivity index (χ2v) is 4.08. The van der Waals surface area contributed by atoms with Crippen LogP contribution in [0.15, 0.2) is 4.52 Å². The average Bonchev–Trinajstić information content (AvgIpc) is 2.84. The maximum absolute atomic E-state index is 11.0. The Bertz CT molecular complexity index is 602. The van der Waals surface area contributed by atoms with E-state index in [0.29, 0.717) is 36.2 Å². The first-order valence-electron chi connectivity index (χ1n) is 5.70. The van der Waals surface area contributed by atoms with Crippen LogP contribution in [0.4, 0.5) is 11.5 Å². The van der Waals surface area contributed by atoms with Crippen molar-refractivity contribution in [2.75, 3.05) is 11.9 Å². The van der Waals surface area contributed by atoms with E-state index < -0.39 is 4.92 Å². The number of anilines is 1. The van der Waals surface area contributed by atoms with Crippen molar-refractivity contribution in [2.24, 2.45) is 7.05 Å². The lowest BCUT2D eigenvalue weighted by Gasteiger charge is -2.03. The Kier molecular flexibility index (Phi) is 3.45. The summed E-state index contributed by atoms with van der Waals surface area (Å²) in [6.07, 6.45) is 0.488. The number of nitro groups is 1. The van der Waals surface area contributed by atoms with Crippen LogP contribution in [0.2, 0.25) is 0 Å². The molecule has 0 saturated heterocycles. The second kappa shape index (κ2) is 5.04. The third-order valence-electron chi connectivity index (χ3n) is 2.57. The summed E-state index contributed by atoms with van der Waals surface area (Å²) in [5, 5.41) is 21.6. The van der Waals surface area contributed by atoms with Crippen LogP contribution >= 0.6 is 0 Å². The van der Waals surface area contributed by atoms with Crippen molar-refractivity contribution in [1.82, 2.24) is 19.9 Å². The van der Waals surface area contributed by atoms with Crippen molar-refractivity contribution >= 4 is 11.5 Å². The van der Waals surface area contributed by atoms with Crippen LogP contribution in [0.1, 0.15) is 17.4 Å². The maximum Gasteiger partial charge on any atom is 0.333 e. The number of aryl methyl sites for hydroxylation is 3. The minimum Gasteiger partial charge on any atom is -0.364 e. The van der Waals surface area contributed by atoms with E-state index in [4.69, 9.17) is 4.52 Å². The summed E-state index contributed by atoms with van der Waals surface area (Å²) in [5.74, 6) is 1.43. The van der Waals surface area contributed by atoms with E-state index in [1.165, 1.54) is 4.68 Å². The normalized spacial score (nSPS) is 10.7. The Labute approximate surface area is 108 Å². The SMILES string of the molecule is Cc1noc(CCNc2c([N+](=O)[O-])c(C)nn2C)n1. The molecule has 0 radical (unpaired) electrons. The van der Waals surface area contributed by atoms with E-state index in [1.54, 1.807) is 20.9 Å². The molecule has 2 heterocycles. The minimum absolute atomic E-state index is 0.00999. The molecule has 0 aromatic carbocycles. The predicted octanol–water partition coefficient (Wildman–Crippen LogP) is 0.983. The number of aromatic nitrogens is 4. The average molecular weight is 266 g/mol. The molecule has 0 spiro atoms. The molecule has 2 aromatic rings. The minimum atomic E-state index is -0.443. The third kappa shape index (κ3) is 2.69. The molecule has 102 valence electrons. The number of nitrogens with one attached hydrogen (secondary N) is 1. The van der Waals surface area contributed by atoms with Gasteiger partial charge in [-0.05, 0) is 13.8 Å². The molecule has 2 aromatic heterocycles.